The zero-order valence-electron chi connectivity index (χ0n) is 49.2. The van der Waals surface area contributed by atoms with Crippen LogP contribution in [0.25, 0.3) is 33.2 Å². The molecule has 0 atom stereocenters. The van der Waals surface area contributed by atoms with E-state index in [1.807, 2.05) is 30.3 Å². The number of primary amides is 1. The lowest BCUT2D eigenvalue weighted by atomic mass is 10.2. The van der Waals surface area contributed by atoms with E-state index in [-0.39, 0.29) is 40.8 Å². The highest BCUT2D eigenvalue weighted by atomic mass is 79.9. The number of aromatic hydroxyl groups is 1. The van der Waals surface area contributed by atoms with Gasteiger partial charge in [-0.25, -0.2) is 34.1 Å². The van der Waals surface area contributed by atoms with Gasteiger partial charge in [-0.1, -0.05) is 79.9 Å². The number of nitrogens with two attached hydrogens (primary N) is 1. The zero-order chi connectivity index (χ0) is 70.2. The summed E-state index contributed by atoms with van der Waals surface area (Å²) in [5, 5.41) is 18.8. The molecule has 0 aliphatic heterocycles. The number of hydrogen-bond donors (Lipinski definition) is 2. The summed E-state index contributed by atoms with van der Waals surface area (Å²) in [6.07, 6.45) is -14.8. The number of para-hydroxylation sites is 2. The Kier molecular flexibility index (Phi) is 23.7. The number of ether oxygens (including phenoxy) is 4. The molecule has 0 radical (unpaired) electrons. The molecule has 31 heteroatoms. The van der Waals surface area contributed by atoms with Crippen molar-refractivity contribution in [2.45, 2.75) is 31.6 Å². The monoisotopic (exact) mass is 1500 g/mol. The van der Waals surface area contributed by atoms with E-state index >= 15 is 0 Å². The third-order valence-corrected chi connectivity index (χ3v) is 13.9. The number of aromatic nitrogens is 8. The van der Waals surface area contributed by atoms with E-state index in [9.17, 15) is 62.3 Å². The average molecular weight is 1500 g/mol. The molecule has 3 N–H and O–H groups in total. The molecule has 12 rings (SSSR count). The first-order chi connectivity index (χ1) is 45.9. The van der Waals surface area contributed by atoms with Crippen LogP contribution in [0.1, 0.15) is 50.2 Å². The minimum atomic E-state index is -4.46. The van der Waals surface area contributed by atoms with Crippen LogP contribution in [0.3, 0.4) is 0 Å². The van der Waals surface area contributed by atoms with Crippen LogP contribution in [-0.4, -0.2) is 63.1 Å². The van der Waals surface area contributed by atoms with Gasteiger partial charge in [0.25, 0.3) is 5.91 Å². The Morgan fingerprint density at radius 1 is 0.454 bits per heavy atom. The topological polar surface area (TPSA) is 205 Å². The minimum Gasteiger partial charge on any atom is -0.508 e. The van der Waals surface area contributed by atoms with Crippen LogP contribution in [0.4, 0.5) is 52.7 Å². The van der Waals surface area contributed by atoms with Crippen molar-refractivity contribution in [2.24, 2.45) is 5.73 Å². The largest absolute Gasteiger partial charge is 0.508 e. The molecule has 0 saturated heterocycles. The summed E-state index contributed by atoms with van der Waals surface area (Å²) in [5.41, 5.74) is 5.25. The fourth-order valence-electron chi connectivity index (χ4n) is 8.04. The Labute approximate surface area is 562 Å². The van der Waals surface area contributed by atoms with Crippen LogP contribution >= 0.6 is 43.5 Å². The number of nitrogens with zero attached hydrogens (tertiary/aromatic N) is 8. The molecule has 1 amide bonds. The van der Waals surface area contributed by atoms with Gasteiger partial charge in [-0.15, -0.1) is 0 Å². The molecule has 0 aliphatic rings. The van der Waals surface area contributed by atoms with E-state index in [0.29, 0.717) is 63.1 Å². The molecule has 500 valence electrons. The van der Waals surface area contributed by atoms with Crippen molar-refractivity contribution in [3.05, 3.63) is 267 Å². The van der Waals surface area contributed by atoms with Crippen LogP contribution < -0.4 is 19.9 Å². The fourth-order valence-corrected chi connectivity index (χ4v) is 8.68. The lowest BCUT2D eigenvalue weighted by molar-refractivity contribution is -0.138. The predicted octanol–water partition coefficient (Wildman–Crippen LogP) is 19.3. The predicted molar refractivity (Wildman–Crippen MR) is 339 cm³/mol. The average Bonchev–Trinajstić information content (AvgIpc) is 1.64. The normalized spacial score (nSPS) is 11.3. The maximum absolute atomic E-state index is 12.6. The van der Waals surface area contributed by atoms with Gasteiger partial charge in [0.15, 0.2) is 11.4 Å². The first-order valence-electron chi connectivity index (χ1n) is 27.6. The summed E-state index contributed by atoms with van der Waals surface area (Å²) in [6, 6.07) is 49.7. The fraction of sp³-hybridized carbons (Fsp3) is 0.0909. The second-order valence-corrected chi connectivity index (χ2v) is 21.6. The molecule has 6 aromatic heterocycles. The SMILES string of the molecule is CCOC(=O)c1nn(-c2ccc(Oc3ccc(C(F)(F)F)cn3)cc2)c2ccccc12.FC(F)(F)c1ccc(Cl)nc1.FC(F)(F)c1ccc(Oc2ccc(Br)cc2)nc1.NC(=O)c1nn(-c2ccc(Oc3ccc(C(F)(F)F)cn3)cc2)c2ccccc12.Oc1ccc(Br)cc1. The third kappa shape index (κ3) is 20.5. The highest BCUT2D eigenvalue weighted by Gasteiger charge is 2.33. The van der Waals surface area contributed by atoms with E-state index in [0.717, 1.165) is 69.3 Å². The Morgan fingerprint density at radius 3 is 1.10 bits per heavy atom. The molecule has 0 saturated carbocycles. The van der Waals surface area contributed by atoms with Gasteiger partial charge in [0, 0.05) is 62.7 Å². The first kappa shape index (κ1) is 72.2. The van der Waals surface area contributed by atoms with E-state index in [1.165, 1.54) is 6.07 Å². The maximum atomic E-state index is 12.6. The molecule has 12 aromatic rings. The number of halogens is 15. The number of fused-ring (bicyclic) bond motifs is 2. The number of benzene rings is 6. The second-order valence-electron chi connectivity index (χ2n) is 19.4. The summed E-state index contributed by atoms with van der Waals surface area (Å²) in [7, 11) is 0. The van der Waals surface area contributed by atoms with E-state index in [4.69, 9.17) is 41.4 Å². The molecule has 0 aliphatic carbocycles. The van der Waals surface area contributed by atoms with Crippen LogP contribution in [0.15, 0.2) is 228 Å². The summed E-state index contributed by atoms with van der Waals surface area (Å²) < 4.78 is 175. The lowest BCUT2D eigenvalue weighted by Crippen LogP contribution is -2.12. The number of rotatable bonds is 11. The lowest BCUT2D eigenvalue weighted by Gasteiger charge is -2.09. The maximum Gasteiger partial charge on any atom is 0.417 e. The number of esters is 1. The Hall–Kier alpha value is -10.6. The summed E-state index contributed by atoms with van der Waals surface area (Å²) in [5.74, 6) is 0.620. The third-order valence-electron chi connectivity index (χ3n) is 12.6. The molecule has 6 heterocycles. The number of amides is 1. The standard InChI is InChI=1S/C22H16F3N3O3.C20H13F3N4O2.C12H7BrF3NO.C6H5BrO.C6H3ClF3N/c1-2-30-21(29)20-17-5-3-4-6-18(17)28(27-20)15-8-10-16(11-9-15)31-19-12-7-14(13-26-19)22(23,24)25;21-20(22,23)12-5-10-17(25-11-12)29-14-8-6-13(7-9-14)27-16-4-2-1-3-15(16)18(26-27)19(24)28;13-9-2-4-10(5-3-9)18-11-6-1-8(7-17-11)12(14,15)16;7-5-1-3-6(8)4-2-5;7-5-2-1-4(3-11-5)6(8,9)10/h3-13H,2H2,1H3;1-11H,(H2,24,28);1-7H;1-4,8H;1-3H. The second kappa shape index (κ2) is 31.8. The highest BCUT2D eigenvalue weighted by Crippen LogP contribution is 2.35. The number of carbonyl (C=O) groups is 2. The van der Waals surface area contributed by atoms with Gasteiger partial charge in [-0.05, 0) is 146 Å². The molecular weight excluding hydrogens is 1450 g/mol. The van der Waals surface area contributed by atoms with Crippen molar-refractivity contribution in [1.29, 1.82) is 0 Å². The van der Waals surface area contributed by atoms with Gasteiger partial charge in [0.05, 0.1) is 51.3 Å². The highest BCUT2D eigenvalue weighted by molar-refractivity contribution is 9.10. The van der Waals surface area contributed by atoms with Crippen LogP contribution in [-0.2, 0) is 29.4 Å². The van der Waals surface area contributed by atoms with Crippen LogP contribution in [0.2, 0.25) is 5.15 Å². The van der Waals surface area contributed by atoms with Crippen molar-refractivity contribution in [3.8, 4) is 52.0 Å². The molecule has 0 bridgehead atoms. The van der Waals surface area contributed by atoms with Gasteiger partial charge >= 0.3 is 30.7 Å². The van der Waals surface area contributed by atoms with Crippen molar-refractivity contribution < 1.29 is 86.3 Å². The first-order valence-corrected chi connectivity index (χ1v) is 29.6. The van der Waals surface area contributed by atoms with Gasteiger partial charge in [-0.2, -0.15) is 62.9 Å². The zero-order valence-corrected chi connectivity index (χ0v) is 53.1. The number of pyridine rings is 4. The molecule has 0 unspecified atom stereocenters. The number of phenols is 1. The Bertz CT molecular complexity index is 4550. The summed E-state index contributed by atoms with van der Waals surface area (Å²) >= 11 is 11.8. The van der Waals surface area contributed by atoms with Crippen molar-refractivity contribution in [3.63, 3.8) is 0 Å². The van der Waals surface area contributed by atoms with Gasteiger partial charge in [-0.3, -0.25) is 4.79 Å². The van der Waals surface area contributed by atoms with Gasteiger partial charge in [0.1, 0.15) is 28.2 Å². The van der Waals surface area contributed by atoms with E-state index in [2.05, 4.69) is 62.0 Å². The molecule has 0 spiro atoms. The number of alkyl halides is 12. The number of carbonyl (C=O) groups excluding carboxylic acids is 2. The molecule has 16 nitrogen and oxygen atoms in total. The van der Waals surface area contributed by atoms with Crippen molar-refractivity contribution in [2.75, 3.05) is 6.61 Å². The number of phenolic OH excluding ortho intramolecular Hbond substituents is 1. The van der Waals surface area contributed by atoms with Crippen molar-refractivity contribution >= 4 is 77.1 Å². The minimum absolute atomic E-state index is 0.0336. The van der Waals surface area contributed by atoms with E-state index in [1.54, 1.807) is 132 Å². The van der Waals surface area contributed by atoms with Gasteiger partial charge < -0.3 is 29.8 Å². The Morgan fingerprint density at radius 2 is 0.784 bits per heavy atom. The van der Waals surface area contributed by atoms with Crippen molar-refractivity contribution in [1.82, 2.24) is 39.5 Å². The van der Waals surface area contributed by atoms with Crippen LogP contribution in [0, 0.1) is 0 Å². The van der Waals surface area contributed by atoms with E-state index < -0.39 is 58.8 Å². The summed E-state index contributed by atoms with van der Waals surface area (Å²) in [6.45, 7) is 1.96. The smallest absolute Gasteiger partial charge is 0.417 e. The number of hydrogen-bond acceptors (Lipinski definition) is 13. The quantitative estimate of drug-likeness (QED) is 0.0703. The molecule has 6 aromatic carbocycles. The molecular formula is C66H44Br2ClF12N9O7. The molecule has 0 fully saturated rings. The Balaban J connectivity index is 0.000000167. The molecule has 97 heavy (non-hydrogen) atoms. The summed E-state index contributed by atoms with van der Waals surface area (Å²) in [4.78, 5) is 38.2. The van der Waals surface area contributed by atoms with Gasteiger partial charge in [0.2, 0.25) is 17.6 Å². The van der Waals surface area contributed by atoms with Crippen LogP contribution in [0.5, 0.6) is 40.6 Å².